The fourth-order valence-electron chi connectivity index (χ4n) is 3.56. The molecule has 3 aromatic rings. The van der Waals surface area contributed by atoms with Gasteiger partial charge in [-0.3, -0.25) is 4.79 Å². The van der Waals surface area contributed by atoms with Crippen LogP contribution in [0.2, 0.25) is 0 Å². The van der Waals surface area contributed by atoms with Crippen molar-refractivity contribution >= 4 is 17.1 Å². The first kappa shape index (κ1) is 20.8. The van der Waals surface area contributed by atoms with Crippen LogP contribution in [-0.2, 0) is 9.53 Å². The van der Waals surface area contributed by atoms with Crippen LogP contribution in [0.4, 0.5) is 8.78 Å². The van der Waals surface area contributed by atoms with Gasteiger partial charge in [0.1, 0.15) is 23.5 Å². The average Bonchev–Trinajstić information content (AvgIpc) is 3.27. The number of aliphatic hydroxyl groups excluding tert-OH is 1. The number of rotatable bonds is 5. The second-order valence-electron chi connectivity index (χ2n) is 7.26. The van der Waals surface area contributed by atoms with E-state index in [1.807, 2.05) is 0 Å². The Morgan fingerprint density at radius 3 is 2.10 bits per heavy atom. The lowest BCUT2D eigenvalue weighted by Gasteiger charge is -2.23. The summed E-state index contributed by atoms with van der Waals surface area (Å²) in [6.07, 6.45) is 3.87. The number of aliphatic hydroxyl groups is 1. The molecule has 2 atom stereocenters. The van der Waals surface area contributed by atoms with Crippen molar-refractivity contribution in [3.63, 3.8) is 0 Å². The van der Waals surface area contributed by atoms with Gasteiger partial charge in [-0.15, -0.1) is 0 Å². The van der Waals surface area contributed by atoms with E-state index in [1.165, 1.54) is 30.5 Å². The minimum absolute atomic E-state index is 0.0262. The highest BCUT2D eigenvalue weighted by atomic mass is 19.1. The van der Waals surface area contributed by atoms with Crippen LogP contribution in [-0.4, -0.2) is 23.3 Å². The van der Waals surface area contributed by atoms with Gasteiger partial charge in [0.2, 0.25) is 0 Å². The Bertz CT molecular complexity index is 1050. The molecule has 4 rings (SSSR count). The highest BCUT2D eigenvalue weighted by Gasteiger charge is 2.25. The van der Waals surface area contributed by atoms with Crippen LogP contribution >= 0.6 is 0 Å². The third-order valence-electron chi connectivity index (χ3n) is 4.99. The van der Waals surface area contributed by atoms with E-state index in [4.69, 9.17) is 9.15 Å². The third kappa shape index (κ3) is 4.98. The zero-order valence-corrected chi connectivity index (χ0v) is 16.5. The minimum atomic E-state index is -0.763. The maximum atomic E-state index is 13.6. The molecular weight excluding hydrogens is 402 g/mol. The lowest BCUT2D eigenvalue weighted by atomic mass is 9.91. The Morgan fingerprint density at radius 1 is 0.968 bits per heavy atom. The smallest absolute Gasteiger partial charge is 0.309 e. The largest absolute Gasteiger partial charge is 0.464 e. The summed E-state index contributed by atoms with van der Waals surface area (Å²) in [5.41, 5.74) is 2.72. The van der Waals surface area contributed by atoms with Gasteiger partial charge in [-0.2, -0.15) is 0 Å². The fraction of sp³-hybridized carbons (Fsp3) is 0.160. The zero-order chi connectivity index (χ0) is 21.8. The predicted molar refractivity (Wildman–Crippen MR) is 112 cm³/mol. The highest BCUT2D eigenvalue weighted by molar-refractivity contribution is 6.01. The van der Waals surface area contributed by atoms with Crippen molar-refractivity contribution in [1.29, 1.82) is 0 Å². The summed E-state index contributed by atoms with van der Waals surface area (Å²) < 4.78 is 38.1. The summed E-state index contributed by atoms with van der Waals surface area (Å²) in [5.74, 6) is -0.683. The van der Waals surface area contributed by atoms with Crippen LogP contribution in [0.15, 0.2) is 83.5 Å². The van der Waals surface area contributed by atoms with Crippen LogP contribution in [0.5, 0.6) is 0 Å². The fourth-order valence-corrected chi connectivity index (χ4v) is 3.56. The lowest BCUT2D eigenvalue weighted by molar-refractivity contribution is -0.156. The molecule has 1 fully saturated rings. The Kier molecular flexibility index (Phi) is 6.09. The van der Waals surface area contributed by atoms with Gasteiger partial charge >= 0.3 is 5.97 Å². The molecule has 0 aliphatic carbocycles. The number of ether oxygens (including phenoxy) is 1. The molecule has 0 saturated carbocycles. The Balaban J connectivity index is 1.86. The summed E-state index contributed by atoms with van der Waals surface area (Å²) in [7, 11) is 0. The van der Waals surface area contributed by atoms with Crippen molar-refractivity contribution in [2.45, 2.75) is 25.0 Å². The topological polar surface area (TPSA) is 59.7 Å². The first-order chi connectivity index (χ1) is 15.0. The van der Waals surface area contributed by atoms with Gasteiger partial charge in [0, 0.05) is 12.0 Å². The quantitative estimate of drug-likeness (QED) is 0.457. The molecule has 1 aliphatic rings. The van der Waals surface area contributed by atoms with Crippen molar-refractivity contribution in [1.82, 2.24) is 0 Å². The highest BCUT2D eigenvalue weighted by Crippen LogP contribution is 2.34. The molecule has 2 aromatic carbocycles. The average molecular weight is 422 g/mol. The lowest BCUT2D eigenvalue weighted by Crippen LogP contribution is -2.31. The SMILES string of the molecule is O=C1C[C@@H](O)C[C@H](C=CC(=C(c2ccc(F)cc2)c2ccc(F)cc2)c2ccco2)O1. The summed E-state index contributed by atoms with van der Waals surface area (Å²) >= 11 is 0. The zero-order valence-electron chi connectivity index (χ0n) is 16.5. The number of esters is 1. The molecule has 6 heteroatoms. The molecule has 0 bridgehead atoms. The molecule has 0 spiro atoms. The van der Waals surface area contributed by atoms with Crippen LogP contribution in [0.3, 0.4) is 0 Å². The molecule has 1 aliphatic heterocycles. The van der Waals surface area contributed by atoms with Gasteiger partial charge in [-0.1, -0.05) is 30.3 Å². The van der Waals surface area contributed by atoms with Crippen LogP contribution in [0.25, 0.3) is 11.1 Å². The molecule has 158 valence electrons. The summed E-state index contributed by atoms with van der Waals surface area (Å²) in [5, 5.41) is 9.88. The number of cyclic esters (lactones) is 1. The molecule has 4 nitrogen and oxygen atoms in total. The van der Waals surface area contributed by atoms with E-state index in [9.17, 15) is 18.7 Å². The van der Waals surface area contributed by atoms with Gasteiger partial charge in [0.25, 0.3) is 0 Å². The molecule has 1 aromatic heterocycles. The van der Waals surface area contributed by atoms with Crippen molar-refractivity contribution in [3.05, 3.63) is 108 Å². The molecule has 1 saturated heterocycles. The van der Waals surface area contributed by atoms with Gasteiger partial charge in [0.05, 0.1) is 18.8 Å². The Morgan fingerprint density at radius 2 is 1.58 bits per heavy atom. The molecular formula is C25H20F2O4. The number of benzene rings is 2. The Labute approximate surface area is 178 Å². The minimum Gasteiger partial charge on any atom is -0.464 e. The molecule has 1 N–H and O–H groups in total. The maximum Gasteiger partial charge on any atom is 0.309 e. The number of halogens is 2. The molecule has 0 amide bonds. The predicted octanol–water partition coefficient (Wildman–Crippen LogP) is 5.14. The van der Waals surface area contributed by atoms with E-state index in [1.54, 1.807) is 48.6 Å². The number of carbonyl (C=O) groups is 1. The van der Waals surface area contributed by atoms with E-state index in [2.05, 4.69) is 0 Å². The van der Waals surface area contributed by atoms with Gasteiger partial charge in [0.15, 0.2) is 0 Å². The van der Waals surface area contributed by atoms with E-state index in [0.29, 0.717) is 28.0 Å². The summed E-state index contributed by atoms with van der Waals surface area (Å²) in [6.45, 7) is 0. The monoisotopic (exact) mass is 422 g/mol. The van der Waals surface area contributed by atoms with Crippen molar-refractivity contribution in [2.75, 3.05) is 0 Å². The standard InChI is InChI=1S/C25H20F2O4/c26-18-7-3-16(4-8-18)25(17-5-9-19(27)10-6-17)22(23-2-1-13-30-23)12-11-21-14-20(28)15-24(29)31-21/h1-13,20-21,28H,14-15H2/t20-,21-/m0/s1. The van der Waals surface area contributed by atoms with Crippen LogP contribution in [0.1, 0.15) is 29.7 Å². The maximum absolute atomic E-state index is 13.6. The van der Waals surface area contributed by atoms with E-state index >= 15 is 0 Å². The molecule has 0 unspecified atom stereocenters. The number of hydrogen-bond acceptors (Lipinski definition) is 4. The summed E-state index contributed by atoms with van der Waals surface area (Å²) in [6, 6.07) is 15.4. The number of allylic oxidation sites excluding steroid dienone is 2. The van der Waals surface area contributed by atoms with Gasteiger partial charge < -0.3 is 14.3 Å². The van der Waals surface area contributed by atoms with E-state index in [-0.39, 0.29) is 24.5 Å². The normalized spacial score (nSPS) is 18.7. The molecule has 0 radical (unpaired) electrons. The molecule has 31 heavy (non-hydrogen) atoms. The first-order valence-electron chi connectivity index (χ1n) is 9.85. The third-order valence-corrected chi connectivity index (χ3v) is 4.99. The second-order valence-corrected chi connectivity index (χ2v) is 7.26. The van der Waals surface area contributed by atoms with E-state index < -0.39 is 18.2 Å². The van der Waals surface area contributed by atoms with Crippen molar-refractivity contribution < 1.29 is 27.8 Å². The van der Waals surface area contributed by atoms with Crippen molar-refractivity contribution in [3.8, 4) is 0 Å². The second kappa shape index (κ2) is 9.10. The first-order valence-corrected chi connectivity index (χ1v) is 9.85. The number of carbonyl (C=O) groups excluding carboxylic acids is 1. The van der Waals surface area contributed by atoms with Gasteiger partial charge in [-0.05, 0) is 59.2 Å². The number of furan rings is 1. The van der Waals surface area contributed by atoms with E-state index in [0.717, 1.165) is 0 Å². The Hall–Kier alpha value is -3.51. The van der Waals surface area contributed by atoms with Crippen LogP contribution < -0.4 is 0 Å². The van der Waals surface area contributed by atoms with Crippen LogP contribution in [0, 0.1) is 11.6 Å². The summed E-state index contributed by atoms with van der Waals surface area (Å²) in [4.78, 5) is 11.7. The van der Waals surface area contributed by atoms with Crippen molar-refractivity contribution in [2.24, 2.45) is 0 Å². The van der Waals surface area contributed by atoms with Gasteiger partial charge in [-0.25, -0.2) is 8.78 Å². The molecule has 2 heterocycles. The number of hydrogen-bond donors (Lipinski definition) is 1.